The average molecular weight is 381 g/mol. The van der Waals surface area contributed by atoms with Crippen molar-refractivity contribution in [2.24, 2.45) is 0 Å². The molecule has 0 heterocycles. The molecule has 0 unspecified atom stereocenters. The van der Waals surface area contributed by atoms with E-state index in [-0.39, 0.29) is 12.4 Å². The van der Waals surface area contributed by atoms with E-state index in [4.69, 9.17) is 21.1 Å². The van der Waals surface area contributed by atoms with Crippen molar-refractivity contribution in [3.63, 3.8) is 0 Å². The Morgan fingerprint density at radius 2 is 1.48 bits per heavy atom. The summed E-state index contributed by atoms with van der Waals surface area (Å²) in [6.45, 7) is 0.273. The molecule has 0 fully saturated rings. The SMILES string of the molecule is O=C(OCCc1ccccc1)c1cccc(OC(=O)c2cccc(Cl)c2)c1. The average Bonchev–Trinajstić information content (AvgIpc) is 2.69. The van der Waals surface area contributed by atoms with Crippen LogP contribution < -0.4 is 4.74 Å². The molecule has 3 rings (SSSR count). The van der Waals surface area contributed by atoms with Crippen LogP contribution in [0.1, 0.15) is 26.3 Å². The fraction of sp³-hybridized carbons (Fsp3) is 0.0909. The number of hydrogen-bond donors (Lipinski definition) is 0. The third-order valence-corrected chi connectivity index (χ3v) is 4.04. The Hall–Kier alpha value is -3.11. The van der Waals surface area contributed by atoms with Gasteiger partial charge in [-0.25, -0.2) is 9.59 Å². The van der Waals surface area contributed by atoms with E-state index in [0.717, 1.165) is 5.56 Å². The lowest BCUT2D eigenvalue weighted by atomic mass is 10.2. The van der Waals surface area contributed by atoms with Crippen LogP contribution in [0.25, 0.3) is 0 Å². The lowest BCUT2D eigenvalue weighted by molar-refractivity contribution is 0.0507. The molecule has 5 heteroatoms. The number of ether oxygens (including phenoxy) is 2. The normalized spacial score (nSPS) is 10.3. The highest BCUT2D eigenvalue weighted by molar-refractivity contribution is 6.30. The zero-order chi connectivity index (χ0) is 19.1. The second-order valence-corrected chi connectivity index (χ2v) is 6.24. The molecule has 0 aliphatic rings. The maximum atomic E-state index is 12.2. The van der Waals surface area contributed by atoms with Crippen molar-refractivity contribution in [3.05, 3.63) is 101 Å². The Kier molecular flexibility index (Phi) is 6.23. The van der Waals surface area contributed by atoms with Crippen molar-refractivity contribution in [1.82, 2.24) is 0 Å². The van der Waals surface area contributed by atoms with Gasteiger partial charge in [0, 0.05) is 11.4 Å². The van der Waals surface area contributed by atoms with Crippen LogP contribution in [0.3, 0.4) is 0 Å². The molecule has 4 nitrogen and oxygen atoms in total. The van der Waals surface area contributed by atoms with Gasteiger partial charge < -0.3 is 9.47 Å². The summed E-state index contributed by atoms with van der Waals surface area (Å²) in [5.74, 6) is -0.754. The van der Waals surface area contributed by atoms with Gasteiger partial charge in [-0.1, -0.05) is 54.1 Å². The van der Waals surface area contributed by atoms with Crippen LogP contribution >= 0.6 is 11.6 Å². The maximum Gasteiger partial charge on any atom is 0.343 e. The standard InChI is InChI=1S/C22H17ClO4/c23-19-10-4-8-17(14-19)22(25)27-20-11-5-9-18(15-20)21(24)26-13-12-16-6-2-1-3-7-16/h1-11,14-15H,12-13H2. The number of esters is 2. The molecule has 136 valence electrons. The van der Waals surface area contributed by atoms with Gasteiger partial charge >= 0.3 is 11.9 Å². The van der Waals surface area contributed by atoms with E-state index in [9.17, 15) is 9.59 Å². The summed E-state index contributed by atoms with van der Waals surface area (Å²) in [5.41, 5.74) is 1.74. The molecular formula is C22H17ClO4. The molecule has 0 N–H and O–H groups in total. The first-order valence-corrected chi connectivity index (χ1v) is 8.78. The van der Waals surface area contributed by atoms with E-state index < -0.39 is 11.9 Å². The fourth-order valence-corrected chi connectivity index (χ4v) is 2.65. The van der Waals surface area contributed by atoms with Crippen LogP contribution in [0.2, 0.25) is 5.02 Å². The van der Waals surface area contributed by atoms with Crippen LogP contribution in [0, 0.1) is 0 Å². The van der Waals surface area contributed by atoms with E-state index in [1.54, 1.807) is 36.4 Å². The third kappa shape index (κ3) is 5.43. The summed E-state index contributed by atoms with van der Waals surface area (Å²) in [7, 11) is 0. The van der Waals surface area contributed by atoms with Gasteiger partial charge in [0.2, 0.25) is 0 Å². The van der Waals surface area contributed by atoms with Gasteiger partial charge in [0.15, 0.2) is 0 Å². The van der Waals surface area contributed by atoms with Gasteiger partial charge in [0.05, 0.1) is 17.7 Å². The predicted octanol–water partition coefficient (Wildman–Crippen LogP) is 4.96. The van der Waals surface area contributed by atoms with Gasteiger partial charge in [-0.2, -0.15) is 0 Å². The third-order valence-electron chi connectivity index (χ3n) is 3.81. The van der Waals surface area contributed by atoms with E-state index in [1.807, 2.05) is 30.3 Å². The Morgan fingerprint density at radius 1 is 0.778 bits per heavy atom. The molecule has 0 aromatic heterocycles. The lowest BCUT2D eigenvalue weighted by Gasteiger charge is -2.08. The van der Waals surface area contributed by atoms with Gasteiger partial charge in [0.25, 0.3) is 0 Å². The lowest BCUT2D eigenvalue weighted by Crippen LogP contribution is -2.10. The number of benzene rings is 3. The van der Waals surface area contributed by atoms with Crippen molar-refractivity contribution < 1.29 is 19.1 Å². The number of rotatable bonds is 6. The predicted molar refractivity (Wildman–Crippen MR) is 103 cm³/mol. The zero-order valence-electron chi connectivity index (χ0n) is 14.4. The molecule has 0 spiro atoms. The van der Waals surface area contributed by atoms with Crippen LogP contribution in [-0.4, -0.2) is 18.5 Å². The largest absolute Gasteiger partial charge is 0.462 e. The minimum Gasteiger partial charge on any atom is -0.462 e. The van der Waals surface area contributed by atoms with E-state index in [1.165, 1.54) is 12.1 Å². The highest BCUT2D eigenvalue weighted by atomic mass is 35.5. The van der Waals surface area contributed by atoms with Crippen LogP contribution in [-0.2, 0) is 11.2 Å². The molecule has 27 heavy (non-hydrogen) atoms. The molecule has 0 atom stereocenters. The number of halogens is 1. The molecule has 0 aliphatic carbocycles. The highest BCUT2D eigenvalue weighted by Crippen LogP contribution is 2.18. The number of carbonyl (C=O) groups excluding carboxylic acids is 2. The summed E-state index contributed by atoms with van der Waals surface area (Å²) >= 11 is 5.88. The summed E-state index contributed by atoms with van der Waals surface area (Å²) < 4.78 is 10.6. The smallest absolute Gasteiger partial charge is 0.343 e. The van der Waals surface area contributed by atoms with Crippen LogP contribution in [0.15, 0.2) is 78.9 Å². The van der Waals surface area contributed by atoms with E-state index in [0.29, 0.717) is 22.6 Å². The Morgan fingerprint density at radius 3 is 2.22 bits per heavy atom. The van der Waals surface area contributed by atoms with Gasteiger partial charge in [-0.3, -0.25) is 0 Å². The van der Waals surface area contributed by atoms with Crippen LogP contribution in [0.5, 0.6) is 5.75 Å². The molecule has 0 amide bonds. The Labute approximate surface area is 162 Å². The van der Waals surface area contributed by atoms with Crippen molar-refractivity contribution in [2.75, 3.05) is 6.61 Å². The summed E-state index contributed by atoms with van der Waals surface area (Å²) in [6, 6.07) is 22.6. The Balaban J connectivity index is 1.59. The second-order valence-electron chi connectivity index (χ2n) is 5.80. The van der Waals surface area contributed by atoms with Crippen molar-refractivity contribution in [1.29, 1.82) is 0 Å². The zero-order valence-corrected chi connectivity index (χ0v) is 15.2. The summed E-state index contributed by atoms with van der Waals surface area (Å²) in [4.78, 5) is 24.4. The van der Waals surface area contributed by atoms with Gasteiger partial charge in [-0.05, 0) is 42.0 Å². The van der Waals surface area contributed by atoms with E-state index in [2.05, 4.69) is 0 Å². The second kappa shape index (κ2) is 9.01. The maximum absolute atomic E-state index is 12.2. The van der Waals surface area contributed by atoms with Crippen molar-refractivity contribution in [2.45, 2.75) is 6.42 Å². The molecule has 0 aliphatic heterocycles. The molecule has 3 aromatic rings. The molecular weight excluding hydrogens is 364 g/mol. The first-order valence-electron chi connectivity index (χ1n) is 8.41. The van der Waals surface area contributed by atoms with Gasteiger partial charge in [0.1, 0.15) is 5.75 Å². The minimum atomic E-state index is -0.549. The van der Waals surface area contributed by atoms with Crippen LogP contribution in [0.4, 0.5) is 0 Å². The molecule has 0 bridgehead atoms. The summed E-state index contributed by atoms with van der Waals surface area (Å²) in [6.07, 6.45) is 0.635. The van der Waals surface area contributed by atoms with Gasteiger partial charge in [-0.15, -0.1) is 0 Å². The summed E-state index contributed by atoms with van der Waals surface area (Å²) in [5, 5.41) is 0.445. The monoisotopic (exact) mass is 380 g/mol. The number of carbonyl (C=O) groups is 2. The number of hydrogen-bond acceptors (Lipinski definition) is 4. The van der Waals surface area contributed by atoms with E-state index >= 15 is 0 Å². The van der Waals surface area contributed by atoms with Crippen molar-refractivity contribution in [3.8, 4) is 5.75 Å². The van der Waals surface area contributed by atoms with Crippen molar-refractivity contribution >= 4 is 23.5 Å². The first-order chi connectivity index (χ1) is 13.1. The Bertz CT molecular complexity index is 938. The molecule has 0 saturated carbocycles. The molecule has 3 aromatic carbocycles. The molecule has 0 radical (unpaired) electrons. The highest BCUT2D eigenvalue weighted by Gasteiger charge is 2.12. The first kappa shape index (κ1) is 18.7. The quantitative estimate of drug-likeness (QED) is 0.448. The topological polar surface area (TPSA) is 52.6 Å². The fourth-order valence-electron chi connectivity index (χ4n) is 2.46. The molecule has 0 saturated heterocycles. The minimum absolute atomic E-state index is 0.262.